The van der Waals surface area contributed by atoms with Crippen LogP contribution in [0.15, 0.2) is 21.2 Å². The van der Waals surface area contributed by atoms with Gasteiger partial charge in [-0.05, 0) is 0 Å². The van der Waals surface area contributed by atoms with Crippen molar-refractivity contribution in [2.45, 2.75) is 0 Å². The van der Waals surface area contributed by atoms with Gasteiger partial charge in [-0.1, -0.05) is 23.2 Å². The van der Waals surface area contributed by atoms with Gasteiger partial charge in [-0.25, -0.2) is 0 Å². The number of hydrogen-bond acceptors (Lipinski definition) is 4. The molecular weight excluding hydrogens is 314 g/mol. The Morgan fingerprint density at radius 1 is 0.824 bits per heavy atom. The second kappa shape index (κ2) is 7.99. The van der Waals surface area contributed by atoms with Gasteiger partial charge in [-0.3, -0.25) is 9.59 Å². The van der Waals surface area contributed by atoms with E-state index < -0.39 is 32.8 Å². The Kier molecular flexibility index (Phi) is 9.94. The number of nitrogens with zero attached hydrogens (tertiary/aromatic N) is 2. The van der Waals surface area contributed by atoms with Gasteiger partial charge in [0.15, 0.2) is 0 Å². The number of rotatable bonds is 0. The zero-order valence-corrected chi connectivity index (χ0v) is 10.4. The van der Waals surface area contributed by atoms with Crippen LogP contribution in [-0.2, 0) is 37.6 Å². The van der Waals surface area contributed by atoms with E-state index in [-0.39, 0.29) is 28.0 Å². The number of carbonyl (C=O) groups excluding carboxylic acids is 2. The molecule has 0 spiro atoms. The second-order valence-corrected chi connectivity index (χ2v) is 3.02. The van der Waals surface area contributed by atoms with Crippen LogP contribution >= 0.6 is 23.2 Å². The first kappa shape index (κ1) is 21.1. The molecule has 0 atom stereocenters. The van der Waals surface area contributed by atoms with Gasteiger partial charge in [0, 0.05) is 17.1 Å². The van der Waals surface area contributed by atoms with Crippen LogP contribution in [0.5, 0.6) is 0 Å². The van der Waals surface area contributed by atoms with Crippen molar-refractivity contribution in [3.8, 4) is 12.1 Å². The second-order valence-electron chi connectivity index (χ2n) is 2.26. The number of halogens is 2. The number of nitriles is 2. The first-order valence-corrected chi connectivity index (χ1v) is 3.99. The maximum Gasteiger partial charge on any atom is 0.218 e. The zero-order valence-electron chi connectivity index (χ0n) is 7.66. The number of ketones is 2. The Bertz CT molecular complexity index is 455. The minimum atomic E-state index is -0.893. The molecule has 1 rings (SSSR count). The molecule has 0 aromatic rings. The Labute approximate surface area is 116 Å². The fourth-order valence-corrected chi connectivity index (χ4v) is 1.22. The van der Waals surface area contributed by atoms with E-state index >= 15 is 0 Å². The number of carbonyl (C=O) groups is 2. The molecule has 0 bridgehead atoms. The molecule has 0 saturated heterocycles. The standard InChI is InChI=1S/C8Cl2N2O2.Mn.2O/c9-5-6(10)8(14)4(2-12)3(1-11)7(5)13;;;/q;;2*-2. The Morgan fingerprint density at radius 3 is 1.24 bits per heavy atom. The van der Waals surface area contributed by atoms with E-state index in [0.717, 1.165) is 0 Å². The van der Waals surface area contributed by atoms with E-state index in [4.69, 9.17) is 33.7 Å². The molecule has 0 unspecified atom stereocenters. The van der Waals surface area contributed by atoms with Crippen LogP contribution in [0.4, 0.5) is 0 Å². The molecule has 9 heteroatoms. The van der Waals surface area contributed by atoms with Gasteiger partial charge in [0.05, 0.1) is 0 Å². The molecule has 0 fully saturated rings. The molecule has 1 radical (unpaired) electrons. The van der Waals surface area contributed by atoms with Crippen LogP contribution in [0.2, 0.25) is 0 Å². The summed E-state index contributed by atoms with van der Waals surface area (Å²) in [5.41, 5.74) is -1.13. The molecule has 0 amide bonds. The van der Waals surface area contributed by atoms with Gasteiger partial charge in [0.25, 0.3) is 0 Å². The van der Waals surface area contributed by atoms with Crippen molar-refractivity contribution in [3.05, 3.63) is 21.2 Å². The molecule has 1 aliphatic carbocycles. The maximum absolute atomic E-state index is 11.2. The average molecular weight is 314 g/mol. The van der Waals surface area contributed by atoms with Crippen molar-refractivity contribution in [1.82, 2.24) is 0 Å². The first-order valence-electron chi connectivity index (χ1n) is 3.23. The summed E-state index contributed by atoms with van der Waals surface area (Å²) in [5.74, 6) is -1.79. The molecular formula is C8Cl2MnN2O4-4. The van der Waals surface area contributed by atoms with Crippen LogP contribution in [-0.4, -0.2) is 11.6 Å². The zero-order chi connectivity index (χ0) is 10.9. The fraction of sp³-hybridized carbons (Fsp3) is 0. The van der Waals surface area contributed by atoms with Crippen LogP contribution in [0.1, 0.15) is 0 Å². The van der Waals surface area contributed by atoms with E-state index in [1.165, 1.54) is 12.1 Å². The summed E-state index contributed by atoms with van der Waals surface area (Å²) in [5, 5.41) is 16.0. The molecule has 0 aromatic carbocycles. The molecule has 0 aromatic heterocycles. The van der Waals surface area contributed by atoms with Crippen LogP contribution in [0.3, 0.4) is 0 Å². The average Bonchev–Trinajstić information content (AvgIpc) is 2.20. The van der Waals surface area contributed by atoms with Gasteiger partial charge in [-0.2, -0.15) is 10.5 Å². The molecule has 17 heavy (non-hydrogen) atoms. The van der Waals surface area contributed by atoms with Crippen molar-refractivity contribution in [1.29, 1.82) is 10.5 Å². The van der Waals surface area contributed by atoms with E-state index in [0.29, 0.717) is 0 Å². The number of Topliss-reactive ketones (excluding diaryl/α,β-unsaturated/α-hetero) is 2. The third-order valence-electron chi connectivity index (χ3n) is 1.52. The largest absolute Gasteiger partial charge is 2.00 e. The van der Waals surface area contributed by atoms with Gasteiger partial charge in [0.1, 0.15) is 33.3 Å². The smallest absolute Gasteiger partial charge is 0.218 e. The van der Waals surface area contributed by atoms with Crippen molar-refractivity contribution in [3.63, 3.8) is 0 Å². The molecule has 0 saturated carbocycles. The summed E-state index contributed by atoms with van der Waals surface area (Å²) in [6.07, 6.45) is 0. The number of hydrogen-bond donors (Lipinski definition) is 0. The SMILES string of the molecule is N#CC1=C(C#N)C(=O)C(Cl)=C(Cl)C1=O.[Mn].[O-2].[O-2]. The third kappa shape index (κ3) is 3.39. The first-order chi connectivity index (χ1) is 6.54. The van der Waals surface area contributed by atoms with E-state index in [1.54, 1.807) is 0 Å². The minimum absolute atomic E-state index is 0. The predicted molar refractivity (Wildman–Crippen MR) is 48.4 cm³/mol. The summed E-state index contributed by atoms with van der Waals surface area (Å²) < 4.78 is 0. The molecule has 1 aliphatic rings. The van der Waals surface area contributed by atoms with Crippen LogP contribution in [0.25, 0.3) is 0 Å². The summed E-state index contributed by atoms with van der Waals surface area (Å²) in [7, 11) is 0. The predicted octanol–water partition coefficient (Wildman–Crippen LogP) is 0.931. The van der Waals surface area contributed by atoms with Gasteiger partial charge in [0.2, 0.25) is 11.6 Å². The van der Waals surface area contributed by atoms with E-state index in [1.807, 2.05) is 0 Å². The van der Waals surface area contributed by atoms with Gasteiger partial charge < -0.3 is 11.0 Å². The molecule has 6 nitrogen and oxygen atoms in total. The van der Waals surface area contributed by atoms with Crippen molar-refractivity contribution >= 4 is 34.8 Å². The minimum Gasteiger partial charge on any atom is -2.00 e. The quantitative estimate of drug-likeness (QED) is 0.484. The van der Waals surface area contributed by atoms with Gasteiger partial charge in [-0.15, -0.1) is 0 Å². The molecule has 0 heterocycles. The summed E-state index contributed by atoms with van der Waals surface area (Å²) >= 11 is 10.8. The topological polar surface area (TPSA) is 139 Å². The van der Waals surface area contributed by atoms with E-state index in [2.05, 4.69) is 0 Å². The number of allylic oxidation sites excluding steroid dienone is 4. The monoisotopic (exact) mass is 313 g/mol. The van der Waals surface area contributed by atoms with E-state index in [9.17, 15) is 9.59 Å². The van der Waals surface area contributed by atoms with Crippen molar-refractivity contribution < 1.29 is 37.6 Å². The normalized spacial score (nSPS) is 13.9. The fourth-order valence-electron chi connectivity index (χ4n) is 0.859. The Morgan fingerprint density at radius 2 is 1.06 bits per heavy atom. The molecule has 0 N–H and O–H groups in total. The Balaban J connectivity index is -0.000000653. The summed E-state index contributed by atoms with van der Waals surface area (Å²) in [6, 6.07) is 2.89. The van der Waals surface area contributed by atoms with Crippen LogP contribution in [0, 0.1) is 22.7 Å². The molecule has 0 aliphatic heterocycles. The van der Waals surface area contributed by atoms with Crippen molar-refractivity contribution in [2.75, 3.05) is 0 Å². The molecule has 91 valence electrons. The summed E-state index contributed by atoms with van der Waals surface area (Å²) in [4.78, 5) is 22.4. The van der Waals surface area contributed by atoms with Crippen molar-refractivity contribution in [2.24, 2.45) is 0 Å². The summed E-state index contributed by atoms with van der Waals surface area (Å²) in [6.45, 7) is 0. The van der Waals surface area contributed by atoms with Crippen LogP contribution < -0.4 is 0 Å². The Hall–Kier alpha value is -1.18. The maximum atomic E-state index is 11.2. The van der Waals surface area contributed by atoms with Gasteiger partial charge >= 0.3 is 0 Å². The third-order valence-corrected chi connectivity index (χ3v) is 2.34.